The summed E-state index contributed by atoms with van der Waals surface area (Å²) in [5.74, 6) is 0.238. The van der Waals surface area contributed by atoms with E-state index in [-0.39, 0.29) is 12.5 Å². The molecule has 8 heteroatoms. The number of nitrogens with one attached hydrogen (secondary N) is 1. The maximum Gasteiger partial charge on any atom is 0.282 e. The molecule has 0 aromatic heterocycles. The first-order chi connectivity index (χ1) is 13.4. The van der Waals surface area contributed by atoms with E-state index in [0.29, 0.717) is 37.5 Å². The summed E-state index contributed by atoms with van der Waals surface area (Å²) in [7, 11) is -2.15. The Bertz CT molecular complexity index is 946. The Hall–Kier alpha value is -2.42. The maximum atomic E-state index is 13.0. The number of rotatable bonds is 6. The van der Waals surface area contributed by atoms with Crippen molar-refractivity contribution in [3.8, 4) is 5.75 Å². The molecule has 3 rings (SSSR count). The van der Waals surface area contributed by atoms with Gasteiger partial charge in [-0.25, -0.2) is 0 Å². The van der Waals surface area contributed by atoms with Gasteiger partial charge in [0, 0.05) is 31.4 Å². The van der Waals surface area contributed by atoms with Crippen LogP contribution in [0.3, 0.4) is 0 Å². The van der Waals surface area contributed by atoms with Crippen molar-refractivity contribution in [2.45, 2.75) is 19.9 Å². The highest BCUT2D eigenvalue weighted by molar-refractivity contribution is 7.86. The van der Waals surface area contributed by atoms with Crippen molar-refractivity contribution < 1.29 is 17.9 Å². The van der Waals surface area contributed by atoms with Crippen molar-refractivity contribution >= 4 is 21.8 Å². The summed E-state index contributed by atoms with van der Waals surface area (Å²) in [6.07, 6.45) is 0.678. The monoisotopic (exact) mass is 403 g/mol. The topological polar surface area (TPSA) is 79.0 Å². The van der Waals surface area contributed by atoms with E-state index >= 15 is 0 Å². The molecule has 1 saturated heterocycles. The van der Waals surface area contributed by atoms with Crippen LogP contribution in [0.4, 0.5) is 5.69 Å². The van der Waals surface area contributed by atoms with Crippen LogP contribution in [0, 0.1) is 6.92 Å². The highest BCUT2D eigenvalue weighted by atomic mass is 32.2. The summed E-state index contributed by atoms with van der Waals surface area (Å²) in [6.45, 7) is 2.83. The van der Waals surface area contributed by atoms with Crippen LogP contribution in [0.5, 0.6) is 5.75 Å². The van der Waals surface area contributed by atoms with Gasteiger partial charge in [0.2, 0.25) is 5.91 Å². The molecule has 2 aromatic rings. The third-order valence-corrected chi connectivity index (χ3v) is 6.68. The Morgan fingerprint density at radius 2 is 1.86 bits per heavy atom. The second-order valence-corrected chi connectivity index (χ2v) is 8.66. The summed E-state index contributed by atoms with van der Waals surface area (Å²) in [5.41, 5.74) is 2.58. The van der Waals surface area contributed by atoms with Crippen LogP contribution in [0.2, 0.25) is 0 Å². The van der Waals surface area contributed by atoms with Gasteiger partial charge < -0.3 is 10.1 Å². The molecular formula is C20H25N3O4S. The fourth-order valence-corrected chi connectivity index (χ4v) is 4.81. The molecule has 7 nitrogen and oxygen atoms in total. The predicted molar refractivity (Wildman–Crippen MR) is 108 cm³/mol. The van der Waals surface area contributed by atoms with Crippen molar-refractivity contribution in [1.82, 2.24) is 8.61 Å². The van der Waals surface area contributed by atoms with Crippen LogP contribution in [0.1, 0.15) is 17.5 Å². The van der Waals surface area contributed by atoms with E-state index in [1.54, 1.807) is 31.4 Å². The first-order valence-electron chi connectivity index (χ1n) is 9.14. The van der Waals surface area contributed by atoms with E-state index < -0.39 is 10.2 Å². The highest BCUT2D eigenvalue weighted by Gasteiger charge is 2.34. The second kappa shape index (κ2) is 8.72. The van der Waals surface area contributed by atoms with Crippen molar-refractivity contribution in [1.29, 1.82) is 0 Å². The number of amides is 1. The van der Waals surface area contributed by atoms with E-state index in [2.05, 4.69) is 5.32 Å². The number of benzene rings is 2. The molecular weight excluding hydrogens is 378 g/mol. The zero-order chi connectivity index (χ0) is 20.1. The molecule has 0 spiro atoms. The molecule has 2 aromatic carbocycles. The fourth-order valence-electron chi connectivity index (χ4n) is 3.18. The van der Waals surface area contributed by atoms with Gasteiger partial charge in [-0.05, 0) is 36.6 Å². The maximum absolute atomic E-state index is 13.0. The SMILES string of the molecule is COc1cccc(NC(=O)CN2CCCN(Cc3ccccc3C)S2(=O)=O)c1. The van der Waals surface area contributed by atoms with Gasteiger partial charge in [0.05, 0.1) is 13.7 Å². The number of hydrogen-bond acceptors (Lipinski definition) is 4. The average Bonchev–Trinajstić information content (AvgIpc) is 2.67. The van der Waals surface area contributed by atoms with E-state index in [9.17, 15) is 13.2 Å². The average molecular weight is 404 g/mol. The van der Waals surface area contributed by atoms with Gasteiger partial charge in [-0.3, -0.25) is 4.79 Å². The van der Waals surface area contributed by atoms with Crippen LogP contribution in [0.25, 0.3) is 0 Å². The van der Waals surface area contributed by atoms with Gasteiger partial charge in [0.1, 0.15) is 5.75 Å². The van der Waals surface area contributed by atoms with Crippen LogP contribution in [-0.4, -0.2) is 49.7 Å². The van der Waals surface area contributed by atoms with Crippen molar-refractivity contribution in [3.63, 3.8) is 0 Å². The molecule has 1 aliphatic heterocycles. The van der Waals surface area contributed by atoms with E-state index in [0.717, 1.165) is 11.1 Å². The molecule has 0 radical (unpaired) electrons. The van der Waals surface area contributed by atoms with E-state index in [1.165, 1.54) is 8.61 Å². The third-order valence-electron chi connectivity index (χ3n) is 4.75. The minimum absolute atomic E-state index is 0.218. The molecule has 1 fully saturated rings. The van der Waals surface area contributed by atoms with Crippen LogP contribution in [0.15, 0.2) is 48.5 Å². The lowest BCUT2D eigenvalue weighted by atomic mass is 10.1. The van der Waals surface area contributed by atoms with Gasteiger partial charge in [-0.2, -0.15) is 17.0 Å². The minimum atomic E-state index is -3.70. The Morgan fingerprint density at radius 1 is 1.11 bits per heavy atom. The van der Waals surface area contributed by atoms with Crippen molar-refractivity contribution in [2.75, 3.05) is 32.1 Å². The molecule has 0 unspecified atom stereocenters. The number of methoxy groups -OCH3 is 1. The smallest absolute Gasteiger partial charge is 0.282 e. The lowest BCUT2D eigenvalue weighted by Gasteiger charge is -2.34. The number of carbonyl (C=O) groups excluding carboxylic acids is 1. The first-order valence-corrected chi connectivity index (χ1v) is 10.5. The molecule has 28 heavy (non-hydrogen) atoms. The first kappa shape index (κ1) is 20.3. The third kappa shape index (κ3) is 4.70. The normalized spacial score (nSPS) is 17.2. The summed E-state index contributed by atoms with van der Waals surface area (Å²) in [4.78, 5) is 12.4. The Kier molecular flexibility index (Phi) is 6.33. The molecule has 0 saturated carbocycles. The number of hydrogen-bond donors (Lipinski definition) is 1. The minimum Gasteiger partial charge on any atom is -0.497 e. The fraction of sp³-hybridized carbons (Fsp3) is 0.350. The number of anilines is 1. The van der Waals surface area contributed by atoms with Crippen LogP contribution < -0.4 is 10.1 Å². The van der Waals surface area contributed by atoms with Crippen molar-refractivity contribution in [3.05, 3.63) is 59.7 Å². The van der Waals surface area contributed by atoms with Gasteiger partial charge in [0.25, 0.3) is 10.2 Å². The van der Waals surface area contributed by atoms with Crippen LogP contribution in [-0.2, 0) is 21.5 Å². The Morgan fingerprint density at radius 3 is 2.61 bits per heavy atom. The summed E-state index contributed by atoms with van der Waals surface area (Å²) >= 11 is 0. The Balaban J connectivity index is 1.68. The van der Waals surface area contributed by atoms with Gasteiger partial charge in [-0.15, -0.1) is 0 Å². The highest BCUT2D eigenvalue weighted by Crippen LogP contribution is 2.21. The lowest BCUT2D eigenvalue weighted by Crippen LogP contribution is -2.51. The molecule has 150 valence electrons. The molecule has 1 heterocycles. The summed E-state index contributed by atoms with van der Waals surface area (Å²) < 4.78 is 33.8. The number of ether oxygens (including phenoxy) is 1. The molecule has 1 amide bonds. The molecule has 1 N–H and O–H groups in total. The molecule has 0 aliphatic carbocycles. The quantitative estimate of drug-likeness (QED) is 0.803. The number of aryl methyl sites for hydroxylation is 1. The van der Waals surface area contributed by atoms with E-state index in [4.69, 9.17) is 4.74 Å². The van der Waals surface area contributed by atoms with Gasteiger partial charge >= 0.3 is 0 Å². The van der Waals surface area contributed by atoms with Crippen molar-refractivity contribution in [2.24, 2.45) is 0 Å². The molecule has 1 aliphatic rings. The van der Waals surface area contributed by atoms with Gasteiger partial charge in [-0.1, -0.05) is 30.3 Å². The summed E-state index contributed by atoms with van der Waals surface area (Å²) in [6, 6.07) is 14.7. The zero-order valence-corrected chi connectivity index (χ0v) is 16.9. The number of nitrogens with zero attached hydrogens (tertiary/aromatic N) is 2. The molecule has 0 bridgehead atoms. The standard InChI is InChI=1S/C20H25N3O4S/c1-16-7-3-4-8-17(16)14-22-11-6-12-23(28(22,25)26)15-20(24)21-18-9-5-10-19(13-18)27-2/h3-5,7-10,13H,6,11-12,14-15H2,1-2H3,(H,21,24). The zero-order valence-electron chi connectivity index (χ0n) is 16.1. The van der Waals surface area contributed by atoms with E-state index in [1.807, 2.05) is 31.2 Å². The Labute approximate surface area is 166 Å². The largest absolute Gasteiger partial charge is 0.497 e. The lowest BCUT2D eigenvalue weighted by molar-refractivity contribution is -0.116. The molecule has 0 atom stereocenters. The number of carbonyl (C=O) groups is 1. The second-order valence-electron chi connectivity index (χ2n) is 6.74. The predicted octanol–water partition coefficient (Wildman–Crippen LogP) is 2.39. The van der Waals surface area contributed by atoms with Crippen LogP contribution >= 0.6 is 0 Å². The van der Waals surface area contributed by atoms with Gasteiger partial charge in [0.15, 0.2) is 0 Å². The summed E-state index contributed by atoms with van der Waals surface area (Å²) in [5, 5.41) is 2.73.